The molecule has 1 heterocycles. The van der Waals surface area contributed by atoms with Crippen molar-refractivity contribution in [3.8, 4) is 39.3 Å². The second kappa shape index (κ2) is 9.45. The van der Waals surface area contributed by atoms with E-state index >= 15 is 0 Å². The molecule has 0 amide bonds. The smallest absolute Gasteiger partial charge is 0.0566 e. The summed E-state index contributed by atoms with van der Waals surface area (Å²) in [5.74, 6) is 0. The van der Waals surface area contributed by atoms with Crippen LogP contribution in [0.15, 0.2) is 140 Å². The standard InChI is InChI=1S/C38H29N/c1-26-27(2)38(39(32-16-7-4-8-17-32)37(26)29-13-5-3-6-14-29)30-23-21-28(22-24-30)36-25-31-15-9-10-18-33(31)34-19-11-12-20-35(34)36/h3-25H,1-2H3. The molecule has 0 radical (unpaired) electrons. The van der Waals surface area contributed by atoms with Gasteiger partial charge in [-0.1, -0.05) is 121 Å². The van der Waals surface area contributed by atoms with Crippen LogP contribution in [0.5, 0.6) is 0 Å². The van der Waals surface area contributed by atoms with Gasteiger partial charge < -0.3 is 4.57 Å². The lowest BCUT2D eigenvalue weighted by Gasteiger charge is -2.16. The van der Waals surface area contributed by atoms with Gasteiger partial charge in [0.05, 0.1) is 11.4 Å². The lowest BCUT2D eigenvalue weighted by Crippen LogP contribution is -2.00. The number of nitrogens with zero attached hydrogens (tertiary/aromatic N) is 1. The van der Waals surface area contributed by atoms with Gasteiger partial charge in [0.15, 0.2) is 0 Å². The van der Waals surface area contributed by atoms with E-state index in [2.05, 4.69) is 158 Å². The highest BCUT2D eigenvalue weighted by molar-refractivity contribution is 6.13. The van der Waals surface area contributed by atoms with Crippen LogP contribution in [0.25, 0.3) is 60.9 Å². The van der Waals surface area contributed by atoms with Crippen LogP contribution in [0.3, 0.4) is 0 Å². The summed E-state index contributed by atoms with van der Waals surface area (Å²) in [6.45, 7) is 4.50. The Bertz CT molecular complexity index is 1940. The van der Waals surface area contributed by atoms with E-state index < -0.39 is 0 Å². The molecular formula is C38H29N. The van der Waals surface area contributed by atoms with Crippen molar-refractivity contribution >= 4 is 21.5 Å². The Kier molecular flexibility index (Phi) is 5.64. The van der Waals surface area contributed by atoms with Crippen molar-refractivity contribution in [1.82, 2.24) is 4.57 Å². The summed E-state index contributed by atoms with van der Waals surface area (Å²) in [5.41, 5.74) is 11.2. The molecule has 0 atom stereocenters. The van der Waals surface area contributed by atoms with Gasteiger partial charge in [0.25, 0.3) is 0 Å². The van der Waals surface area contributed by atoms with Crippen LogP contribution in [0.1, 0.15) is 11.1 Å². The van der Waals surface area contributed by atoms with Gasteiger partial charge in [-0.3, -0.25) is 0 Å². The van der Waals surface area contributed by atoms with E-state index in [-0.39, 0.29) is 0 Å². The molecule has 6 aromatic carbocycles. The summed E-state index contributed by atoms with van der Waals surface area (Å²) in [7, 11) is 0. The van der Waals surface area contributed by atoms with Crippen molar-refractivity contribution < 1.29 is 0 Å². The van der Waals surface area contributed by atoms with Crippen molar-refractivity contribution in [3.05, 3.63) is 151 Å². The second-order valence-electron chi connectivity index (χ2n) is 10.3. The molecule has 0 aliphatic rings. The molecule has 186 valence electrons. The van der Waals surface area contributed by atoms with Crippen molar-refractivity contribution in [3.63, 3.8) is 0 Å². The molecule has 0 spiro atoms. The van der Waals surface area contributed by atoms with Crippen LogP contribution < -0.4 is 0 Å². The zero-order chi connectivity index (χ0) is 26.3. The maximum atomic E-state index is 2.43. The first kappa shape index (κ1) is 23.3. The minimum absolute atomic E-state index is 1.17. The largest absolute Gasteiger partial charge is 0.309 e. The highest BCUT2D eigenvalue weighted by Crippen LogP contribution is 2.40. The predicted molar refractivity (Wildman–Crippen MR) is 167 cm³/mol. The third kappa shape index (κ3) is 3.86. The van der Waals surface area contributed by atoms with E-state index in [0.29, 0.717) is 0 Å². The van der Waals surface area contributed by atoms with E-state index in [1.54, 1.807) is 0 Å². The summed E-state index contributed by atoms with van der Waals surface area (Å²) < 4.78 is 2.43. The van der Waals surface area contributed by atoms with Gasteiger partial charge in [0.1, 0.15) is 0 Å². The van der Waals surface area contributed by atoms with Crippen LogP contribution in [0.4, 0.5) is 0 Å². The van der Waals surface area contributed by atoms with Gasteiger partial charge in [-0.15, -0.1) is 0 Å². The first-order valence-electron chi connectivity index (χ1n) is 13.5. The molecule has 0 saturated carbocycles. The van der Waals surface area contributed by atoms with E-state index in [9.17, 15) is 0 Å². The molecule has 1 heteroatoms. The minimum atomic E-state index is 1.17. The van der Waals surface area contributed by atoms with E-state index in [1.165, 1.54) is 72.0 Å². The van der Waals surface area contributed by atoms with Crippen molar-refractivity contribution in [2.24, 2.45) is 0 Å². The number of hydrogen-bond acceptors (Lipinski definition) is 0. The topological polar surface area (TPSA) is 4.93 Å². The molecule has 0 N–H and O–H groups in total. The summed E-state index contributed by atoms with van der Waals surface area (Å²) in [5, 5.41) is 5.16. The first-order chi connectivity index (χ1) is 19.2. The molecule has 0 unspecified atom stereocenters. The van der Waals surface area contributed by atoms with Gasteiger partial charge in [-0.2, -0.15) is 0 Å². The van der Waals surface area contributed by atoms with Gasteiger partial charge >= 0.3 is 0 Å². The Morgan fingerprint density at radius 1 is 0.410 bits per heavy atom. The quantitative estimate of drug-likeness (QED) is 0.212. The fraction of sp³-hybridized carbons (Fsp3) is 0.0526. The maximum Gasteiger partial charge on any atom is 0.0566 e. The molecule has 1 nitrogen and oxygen atoms in total. The third-order valence-electron chi connectivity index (χ3n) is 8.02. The Labute approximate surface area is 229 Å². The Morgan fingerprint density at radius 2 is 0.897 bits per heavy atom. The molecule has 0 aliphatic heterocycles. The normalized spacial score (nSPS) is 11.3. The molecule has 0 aliphatic carbocycles. The van der Waals surface area contributed by atoms with Crippen molar-refractivity contribution in [2.75, 3.05) is 0 Å². The van der Waals surface area contributed by atoms with Crippen LogP contribution in [-0.2, 0) is 0 Å². The van der Waals surface area contributed by atoms with Crippen molar-refractivity contribution in [1.29, 1.82) is 0 Å². The molecule has 7 aromatic rings. The lowest BCUT2D eigenvalue weighted by molar-refractivity contribution is 1.09. The first-order valence-corrected chi connectivity index (χ1v) is 13.5. The van der Waals surface area contributed by atoms with Crippen LogP contribution in [0, 0.1) is 13.8 Å². The summed E-state index contributed by atoms with van der Waals surface area (Å²) >= 11 is 0. The highest BCUT2D eigenvalue weighted by Gasteiger charge is 2.21. The molecular weight excluding hydrogens is 470 g/mol. The highest BCUT2D eigenvalue weighted by atomic mass is 15.0. The lowest BCUT2D eigenvalue weighted by atomic mass is 9.92. The minimum Gasteiger partial charge on any atom is -0.309 e. The number of benzene rings is 6. The van der Waals surface area contributed by atoms with Gasteiger partial charge in [-0.05, 0) is 87.0 Å². The third-order valence-corrected chi connectivity index (χ3v) is 8.02. The van der Waals surface area contributed by atoms with Gasteiger partial charge in [0.2, 0.25) is 0 Å². The molecule has 7 rings (SSSR count). The number of rotatable bonds is 4. The van der Waals surface area contributed by atoms with Crippen LogP contribution in [0.2, 0.25) is 0 Å². The molecule has 39 heavy (non-hydrogen) atoms. The van der Waals surface area contributed by atoms with Gasteiger partial charge in [-0.25, -0.2) is 0 Å². The Hall–Kier alpha value is -4.88. The summed E-state index contributed by atoms with van der Waals surface area (Å²) in [6.07, 6.45) is 0. The fourth-order valence-electron chi connectivity index (χ4n) is 6.03. The van der Waals surface area contributed by atoms with E-state index in [4.69, 9.17) is 0 Å². The Morgan fingerprint density at radius 3 is 1.56 bits per heavy atom. The average Bonchev–Trinajstić information content (AvgIpc) is 3.27. The monoisotopic (exact) mass is 499 g/mol. The number of aromatic nitrogens is 1. The molecule has 0 fully saturated rings. The fourth-order valence-corrected chi connectivity index (χ4v) is 6.03. The average molecular weight is 500 g/mol. The Balaban J connectivity index is 1.42. The predicted octanol–water partition coefficient (Wildman–Crippen LogP) is 10.4. The van der Waals surface area contributed by atoms with E-state index in [0.717, 1.165) is 0 Å². The zero-order valence-corrected chi connectivity index (χ0v) is 22.2. The molecule has 0 saturated heterocycles. The zero-order valence-electron chi connectivity index (χ0n) is 22.2. The van der Waals surface area contributed by atoms with Crippen LogP contribution in [-0.4, -0.2) is 4.57 Å². The van der Waals surface area contributed by atoms with Crippen molar-refractivity contribution in [2.45, 2.75) is 13.8 Å². The number of para-hydroxylation sites is 1. The maximum absolute atomic E-state index is 2.43. The SMILES string of the molecule is Cc1c(C)c(-c2ccc(-c3cc4ccccc4c4ccccc34)cc2)n(-c2ccccc2)c1-c1ccccc1. The number of hydrogen-bond donors (Lipinski definition) is 0. The summed E-state index contributed by atoms with van der Waals surface area (Å²) in [6, 6.07) is 50.4. The summed E-state index contributed by atoms with van der Waals surface area (Å²) in [4.78, 5) is 0. The molecule has 0 bridgehead atoms. The molecule has 1 aromatic heterocycles. The van der Waals surface area contributed by atoms with Crippen LogP contribution >= 0.6 is 0 Å². The number of fused-ring (bicyclic) bond motifs is 3. The van der Waals surface area contributed by atoms with Gasteiger partial charge in [0, 0.05) is 5.69 Å². The van der Waals surface area contributed by atoms with E-state index in [1.807, 2.05) is 0 Å². The second-order valence-corrected chi connectivity index (χ2v) is 10.3.